The van der Waals surface area contributed by atoms with Gasteiger partial charge in [-0.2, -0.15) is 0 Å². The fraction of sp³-hybridized carbons (Fsp3) is 0.357. The first-order valence-corrected chi connectivity index (χ1v) is 6.32. The van der Waals surface area contributed by atoms with Gasteiger partial charge in [-0.1, -0.05) is 6.92 Å². The second-order valence-electron chi connectivity index (χ2n) is 4.24. The molecule has 0 atom stereocenters. The third-order valence-electron chi connectivity index (χ3n) is 2.87. The van der Waals surface area contributed by atoms with Crippen LogP contribution < -0.4 is 10.1 Å². The maximum absolute atomic E-state index is 13.3. The van der Waals surface area contributed by atoms with Gasteiger partial charge < -0.3 is 14.6 Å². The summed E-state index contributed by atoms with van der Waals surface area (Å²) in [5.74, 6) is 0.840. The normalized spacial score (nSPS) is 10.5. The molecular weight excluding hydrogens is 245 g/mol. The quantitative estimate of drug-likeness (QED) is 0.870. The van der Waals surface area contributed by atoms with Crippen molar-refractivity contribution in [1.82, 2.24) is 9.55 Å². The number of anilines is 1. The molecule has 2 rings (SSSR count). The van der Waals surface area contributed by atoms with Gasteiger partial charge in [0.25, 0.3) is 0 Å². The topological polar surface area (TPSA) is 39.1 Å². The minimum absolute atomic E-state index is 0.238. The SMILES string of the molecule is CCCn1ccnc1CNc1ccc(F)c(OC)c1. The highest BCUT2D eigenvalue weighted by Gasteiger charge is 2.05. The van der Waals surface area contributed by atoms with Crippen molar-refractivity contribution in [3.05, 3.63) is 42.2 Å². The molecule has 0 bridgehead atoms. The van der Waals surface area contributed by atoms with Crippen LogP contribution in [0.2, 0.25) is 0 Å². The van der Waals surface area contributed by atoms with E-state index in [1.807, 2.05) is 6.20 Å². The maximum atomic E-state index is 13.3. The number of halogens is 1. The number of aryl methyl sites for hydroxylation is 1. The van der Waals surface area contributed by atoms with Crippen LogP contribution in [0, 0.1) is 5.82 Å². The Morgan fingerprint density at radius 3 is 3.00 bits per heavy atom. The second kappa shape index (κ2) is 6.22. The third kappa shape index (κ3) is 3.24. The van der Waals surface area contributed by atoms with Crippen LogP contribution in [0.15, 0.2) is 30.6 Å². The second-order valence-corrected chi connectivity index (χ2v) is 4.24. The van der Waals surface area contributed by atoms with Gasteiger partial charge in [0.05, 0.1) is 13.7 Å². The van der Waals surface area contributed by atoms with Crippen molar-refractivity contribution in [2.45, 2.75) is 26.4 Å². The zero-order valence-corrected chi connectivity index (χ0v) is 11.2. The lowest BCUT2D eigenvalue weighted by molar-refractivity contribution is 0.387. The van der Waals surface area contributed by atoms with Crippen LogP contribution in [0.4, 0.5) is 10.1 Å². The Balaban J connectivity index is 2.04. The summed E-state index contributed by atoms with van der Waals surface area (Å²) >= 11 is 0. The number of methoxy groups -OCH3 is 1. The minimum atomic E-state index is -0.361. The predicted molar refractivity (Wildman–Crippen MR) is 72.8 cm³/mol. The van der Waals surface area contributed by atoms with E-state index in [2.05, 4.69) is 21.8 Å². The number of ether oxygens (including phenoxy) is 1. The van der Waals surface area contributed by atoms with E-state index < -0.39 is 0 Å². The molecule has 0 unspecified atom stereocenters. The first kappa shape index (κ1) is 13.4. The first-order chi connectivity index (χ1) is 9.24. The molecule has 0 spiro atoms. The fourth-order valence-corrected chi connectivity index (χ4v) is 1.90. The average molecular weight is 263 g/mol. The van der Waals surface area contributed by atoms with Crippen molar-refractivity contribution in [2.75, 3.05) is 12.4 Å². The number of nitrogens with one attached hydrogen (secondary N) is 1. The third-order valence-corrected chi connectivity index (χ3v) is 2.87. The highest BCUT2D eigenvalue weighted by atomic mass is 19.1. The van der Waals surface area contributed by atoms with Crippen molar-refractivity contribution >= 4 is 5.69 Å². The number of aromatic nitrogens is 2. The maximum Gasteiger partial charge on any atom is 0.165 e. The summed E-state index contributed by atoms with van der Waals surface area (Å²) in [5.41, 5.74) is 0.810. The zero-order valence-electron chi connectivity index (χ0n) is 11.2. The molecule has 1 N–H and O–H groups in total. The molecule has 0 aliphatic carbocycles. The van der Waals surface area contributed by atoms with E-state index in [-0.39, 0.29) is 11.6 Å². The molecule has 0 aliphatic rings. The highest BCUT2D eigenvalue weighted by Crippen LogP contribution is 2.21. The summed E-state index contributed by atoms with van der Waals surface area (Å²) < 4.78 is 20.3. The number of nitrogens with zero attached hydrogens (tertiary/aromatic N) is 2. The fourth-order valence-electron chi connectivity index (χ4n) is 1.90. The summed E-state index contributed by atoms with van der Waals surface area (Å²) in [6.45, 7) is 3.67. The van der Waals surface area contributed by atoms with Crippen LogP contribution in [0.5, 0.6) is 5.75 Å². The Kier molecular flexibility index (Phi) is 4.39. The van der Waals surface area contributed by atoms with E-state index in [0.717, 1.165) is 24.5 Å². The molecule has 5 heteroatoms. The summed E-state index contributed by atoms with van der Waals surface area (Å²) in [7, 11) is 1.45. The minimum Gasteiger partial charge on any atom is -0.494 e. The summed E-state index contributed by atoms with van der Waals surface area (Å²) in [6.07, 6.45) is 4.82. The number of benzene rings is 1. The van der Waals surface area contributed by atoms with E-state index in [1.165, 1.54) is 13.2 Å². The van der Waals surface area contributed by atoms with Crippen LogP contribution in [-0.2, 0) is 13.1 Å². The number of hydrogen-bond donors (Lipinski definition) is 1. The van der Waals surface area contributed by atoms with Gasteiger partial charge in [-0.3, -0.25) is 0 Å². The molecule has 0 saturated carbocycles. The van der Waals surface area contributed by atoms with E-state index in [1.54, 1.807) is 18.3 Å². The van der Waals surface area contributed by atoms with Gasteiger partial charge in [-0.05, 0) is 18.6 Å². The molecule has 0 aliphatic heterocycles. The molecule has 0 amide bonds. The standard InChI is InChI=1S/C14H18FN3O/c1-3-7-18-8-6-16-14(18)10-17-11-4-5-12(15)13(9-11)19-2/h4-6,8-9,17H,3,7,10H2,1-2H3. The predicted octanol–water partition coefficient (Wildman–Crippen LogP) is 3.05. The molecule has 0 saturated heterocycles. The first-order valence-electron chi connectivity index (χ1n) is 6.32. The average Bonchev–Trinajstić information content (AvgIpc) is 2.86. The monoisotopic (exact) mass is 263 g/mol. The van der Waals surface area contributed by atoms with Gasteiger partial charge in [0.1, 0.15) is 5.82 Å². The largest absolute Gasteiger partial charge is 0.494 e. The molecule has 19 heavy (non-hydrogen) atoms. The molecule has 102 valence electrons. The van der Waals surface area contributed by atoms with Crippen molar-refractivity contribution in [3.8, 4) is 5.75 Å². The Bertz CT molecular complexity index is 539. The lowest BCUT2D eigenvalue weighted by atomic mass is 10.3. The van der Waals surface area contributed by atoms with Gasteiger partial charge in [0.15, 0.2) is 11.6 Å². The molecule has 1 aromatic carbocycles. The van der Waals surface area contributed by atoms with E-state index in [0.29, 0.717) is 6.54 Å². The van der Waals surface area contributed by atoms with Crippen molar-refractivity contribution in [2.24, 2.45) is 0 Å². The molecule has 1 aromatic heterocycles. The van der Waals surface area contributed by atoms with Crippen molar-refractivity contribution in [1.29, 1.82) is 0 Å². The van der Waals surface area contributed by atoms with Gasteiger partial charge in [-0.15, -0.1) is 0 Å². The molecule has 0 radical (unpaired) electrons. The molecule has 1 heterocycles. The van der Waals surface area contributed by atoms with Gasteiger partial charge >= 0.3 is 0 Å². The summed E-state index contributed by atoms with van der Waals surface area (Å²) in [6, 6.07) is 4.72. The van der Waals surface area contributed by atoms with E-state index >= 15 is 0 Å². The molecule has 2 aromatic rings. The van der Waals surface area contributed by atoms with Crippen LogP contribution in [0.1, 0.15) is 19.2 Å². The van der Waals surface area contributed by atoms with Gasteiger partial charge in [0, 0.05) is 30.7 Å². The number of rotatable bonds is 6. The lowest BCUT2D eigenvalue weighted by Gasteiger charge is -2.10. The molecule has 0 fully saturated rings. The van der Waals surface area contributed by atoms with Gasteiger partial charge in [-0.25, -0.2) is 9.37 Å². The number of hydrogen-bond acceptors (Lipinski definition) is 3. The zero-order chi connectivity index (χ0) is 13.7. The van der Waals surface area contributed by atoms with Gasteiger partial charge in [0.2, 0.25) is 0 Å². The highest BCUT2D eigenvalue weighted by molar-refractivity contribution is 5.48. The van der Waals surface area contributed by atoms with Crippen LogP contribution >= 0.6 is 0 Å². The summed E-state index contributed by atoms with van der Waals surface area (Å²) in [4.78, 5) is 4.31. The Labute approximate surface area is 112 Å². The molecular formula is C14H18FN3O. The van der Waals surface area contributed by atoms with Crippen LogP contribution in [0.3, 0.4) is 0 Å². The Hall–Kier alpha value is -2.04. The van der Waals surface area contributed by atoms with E-state index in [4.69, 9.17) is 4.74 Å². The smallest absolute Gasteiger partial charge is 0.165 e. The van der Waals surface area contributed by atoms with Crippen molar-refractivity contribution in [3.63, 3.8) is 0 Å². The van der Waals surface area contributed by atoms with Crippen LogP contribution in [-0.4, -0.2) is 16.7 Å². The van der Waals surface area contributed by atoms with Crippen LogP contribution in [0.25, 0.3) is 0 Å². The Morgan fingerprint density at radius 2 is 2.26 bits per heavy atom. The summed E-state index contributed by atoms with van der Waals surface area (Å²) in [5, 5.41) is 3.22. The Morgan fingerprint density at radius 1 is 1.42 bits per heavy atom. The lowest BCUT2D eigenvalue weighted by Crippen LogP contribution is -2.08. The number of imidazole rings is 1. The van der Waals surface area contributed by atoms with Crippen molar-refractivity contribution < 1.29 is 9.13 Å². The molecule has 4 nitrogen and oxygen atoms in total. The van der Waals surface area contributed by atoms with E-state index in [9.17, 15) is 4.39 Å².